The van der Waals surface area contributed by atoms with E-state index in [4.69, 9.17) is 16.3 Å². The summed E-state index contributed by atoms with van der Waals surface area (Å²) < 4.78 is 8.51. The van der Waals surface area contributed by atoms with Crippen molar-refractivity contribution < 1.29 is 4.74 Å². The van der Waals surface area contributed by atoms with Crippen LogP contribution in [-0.2, 0) is 11.3 Å². The highest BCUT2D eigenvalue weighted by Gasteiger charge is 2.50. The Morgan fingerprint density at radius 2 is 2.00 bits per heavy atom. The van der Waals surface area contributed by atoms with Gasteiger partial charge in [-0.25, -0.2) is 9.36 Å². The van der Waals surface area contributed by atoms with E-state index in [-0.39, 0.29) is 13.0 Å². The highest BCUT2D eigenvalue weighted by molar-refractivity contribution is 7.22. The summed E-state index contributed by atoms with van der Waals surface area (Å²) in [6.45, 7) is 1.80. The van der Waals surface area contributed by atoms with Gasteiger partial charge in [0.25, 0.3) is 5.56 Å². The number of hydrogen-bond acceptors (Lipinski definition) is 6. The first-order valence-electron chi connectivity index (χ1n) is 11.4. The Kier molecular flexibility index (Phi) is 5.37. The predicted molar refractivity (Wildman–Crippen MR) is 135 cm³/mol. The molecule has 3 aromatic heterocycles. The molecule has 7 nitrogen and oxygen atoms in total. The maximum Gasteiger partial charge on any atom is 0.336 e. The van der Waals surface area contributed by atoms with Gasteiger partial charge in [0, 0.05) is 33.6 Å². The molecule has 1 saturated heterocycles. The minimum absolute atomic E-state index is 0.148. The van der Waals surface area contributed by atoms with Crippen LogP contribution in [0.4, 0.5) is 0 Å². The maximum absolute atomic E-state index is 13.6. The van der Waals surface area contributed by atoms with Crippen molar-refractivity contribution in [1.82, 2.24) is 14.1 Å². The number of fused-ring (bicyclic) bond motifs is 1. The molecular weight excluding hydrogens is 484 g/mol. The number of thiophene rings is 1. The minimum Gasteiger partial charge on any atom is -0.380 e. The lowest BCUT2D eigenvalue weighted by Crippen LogP contribution is -2.51. The molecule has 1 aliphatic carbocycles. The van der Waals surface area contributed by atoms with Gasteiger partial charge >= 0.3 is 5.69 Å². The first kappa shape index (κ1) is 22.2. The number of hydrogen-bond donors (Lipinski definition) is 0. The van der Waals surface area contributed by atoms with Crippen LogP contribution in [0.25, 0.3) is 26.3 Å². The van der Waals surface area contributed by atoms with Crippen LogP contribution in [0.1, 0.15) is 30.7 Å². The fraction of sp³-hybridized carbons (Fsp3) is 0.308. The topological polar surface area (TPSA) is 89.9 Å². The highest BCUT2D eigenvalue weighted by Crippen LogP contribution is 2.55. The van der Waals surface area contributed by atoms with Gasteiger partial charge in [-0.15, -0.1) is 11.3 Å². The second-order valence-corrected chi connectivity index (χ2v) is 10.8. The zero-order valence-corrected chi connectivity index (χ0v) is 20.3. The number of pyridine rings is 1. The van der Waals surface area contributed by atoms with E-state index in [1.54, 1.807) is 12.3 Å². The number of nitrogens with zero attached hydrogens (tertiary/aromatic N) is 4. The average molecular weight is 505 g/mol. The molecule has 1 saturated carbocycles. The largest absolute Gasteiger partial charge is 0.380 e. The van der Waals surface area contributed by atoms with E-state index in [9.17, 15) is 14.9 Å². The number of nitriles is 1. The van der Waals surface area contributed by atoms with Gasteiger partial charge in [-0.2, -0.15) is 5.26 Å². The number of ether oxygens (including phenoxy) is 1. The van der Waals surface area contributed by atoms with Crippen LogP contribution in [-0.4, -0.2) is 27.3 Å². The van der Waals surface area contributed by atoms with Crippen molar-refractivity contribution >= 4 is 33.2 Å². The van der Waals surface area contributed by atoms with Gasteiger partial charge in [-0.3, -0.25) is 14.3 Å². The number of benzene rings is 1. The molecule has 176 valence electrons. The summed E-state index contributed by atoms with van der Waals surface area (Å²) in [5, 5.41) is 9.75. The van der Waals surface area contributed by atoms with Crippen LogP contribution in [0, 0.1) is 16.7 Å². The minimum atomic E-state index is -0.474. The summed E-state index contributed by atoms with van der Waals surface area (Å²) in [7, 11) is 0. The van der Waals surface area contributed by atoms with Crippen LogP contribution in [0.15, 0.2) is 58.4 Å². The van der Waals surface area contributed by atoms with E-state index in [0.29, 0.717) is 32.3 Å². The zero-order chi connectivity index (χ0) is 24.2. The third kappa shape index (κ3) is 3.62. The third-order valence-electron chi connectivity index (χ3n) is 7.06. The van der Waals surface area contributed by atoms with Gasteiger partial charge in [-0.05, 0) is 42.5 Å². The van der Waals surface area contributed by atoms with E-state index in [1.165, 1.54) is 20.5 Å². The van der Waals surface area contributed by atoms with Crippen molar-refractivity contribution in [3.05, 3.63) is 80.2 Å². The first-order chi connectivity index (χ1) is 17.0. The average Bonchev–Trinajstić information content (AvgIpc) is 3.23. The molecule has 0 amide bonds. The van der Waals surface area contributed by atoms with Gasteiger partial charge in [0.2, 0.25) is 0 Å². The predicted octanol–water partition coefficient (Wildman–Crippen LogP) is 4.74. The number of halogens is 1. The summed E-state index contributed by atoms with van der Waals surface area (Å²) in [5.74, 6) is 0.347. The fourth-order valence-electron chi connectivity index (χ4n) is 5.18. The standard InChI is InChI=1S/C26H21ClN4O3S/c27-20-5-2-1-4-19(20)22-9-21-23(35-22)24(32)31(25(33)30(21)7-3-6-28)18-8-16(12-29-13-18)17-10-26(11-17)14-34-15-26/h1-2,4-5,8-9,12-13,17H,3,7,10-11,14-15H2. The molecule has 1 spiro atoms. The quantitative estimate of drug-likeness (QED) is 0.391. The summed E-state index contributed by atoms with van der Waals surface area (Å²) in [6, 6.07) is 13.2. The molecule has 1 aromatic carbocycles. The molecule has 0 N–H and O–H groups in total. The zero-order valence-electron chi connectivity index (χ0n) is 18.7. The monoisotopic (exact) mass is 504 g/mol. The van der Waals surface area contributed by atoms with Crippen LogP contribution < -0.4 is 11.2 Å². The fourth-order valence-corrected chi connectivity index (χ4v) is 6.61. The van der Waals surface area contributed by atoms with E-state index in [2.05, 4.69) is 11.1 Å². The van der Waals surface area contributed by atoms with Crippen LogP contribution in [0.5, 0.6) is 0 Å². The summed E-state index contributed by atoms with van der Waals surface area (Å²) in [6.07, 6.45) is 5.58. The Bertz CT molecular complexity index is 1620. The number of rotatable bonds is 5. The molecule has 1 aliphatic heterocycles. The number of aromatic nitrogens is 3. The Hall–Kier alpha value is -3.25. The van der Waals surface area contributed by atoms with Crippen molar-refractivity contribution in [2.45, 2.75) is 31.7 Å². The van der Waals surface area contributed by atoms with E-state index < -0.39 is 11.2 Å². The Morgan fingerprint density at radius 3 is 2.71 bits per heavy atom. The molecule has 2 fully saturated rings. The molecule has 0 unspecified atom stereocenters. The summed E-state index contributed by atoms with van der Waals surface area (Å²) in [4.78, 5) is 32.4. The normalized spacial score (nSPS) is 16.7. The van der Waals surface area contributed by atoms with Gasteiger partial charge in [-0.1, -0.05) is 29.8 Å². The van der Waals surface area contributed by atoms with Gasteiger partial charge < -0.3 is 4.74 Å². The van der Waals surface area contributed by atoms with Crippen molar-refractivity contribution in [2.75, 3.05) is 13.2 Å². The summed E-state index contributed by atoms with van der Waals surface area (Å²) in [5.41, 5.74) is 2.22. The second-order valence-electron chi connectivity index (χ2n) is 9.36. The second kappa shape index (κ2) is 8.45. The maximum atomic E-state index is 13.6. The lowest BCUT2D eigenvalue weighted by Gasteiger charge is -2.53. The van der Waals surface area contributed by atoms with E-state index >= 15 is 0 Å². The lowest BCUT2D eigenvalue weighted by molar-refractivity contribution is -0.164. The van der Waals surface area contributed by atoms with E-state index in [1.807, 2.05) is 36.5 Å². The third-order valence-corrected chi connectivity index (χ3v) is 8.53. The summed E-state index contributed by atoms with van der Waals surface area (Å²) >= 11 is 7.70. The molecule has 0 atom stereocenters. The van der Waals surface area contributed by atoms with Crippen molar-refractivity contribution in [1.29, 1.82) is 5.26 Å². The van der Waals surface area contributed by atoms with Crippen molar-refractivity contribution in [3.8, 4) is 22.2 Å². The van der Waals surface area contributed by atoms with Gasteiger partial charge in [0.05, 0.1) is 43.1 Å². The Morgan fingerprint density at radius 1 is 1.20 bits per heavy atom. The van der Waals surface area contributed by atoms with Gasteiger partial charge in [0.1, 0.15) is 4.70 Å². The molecule has 0 radical (unpaired) electrons. The van der Waals surface area contributed by atoms with E-state index in [0.717, 1.165) is 42.1 Å². The Labute approximate surface area is 209 Å². The molecule has 9 heteroatoms. The van der Waals surface area contributed by atoms with Crippen LogP contribution in [0.3, 0.4) is 0 Å². The van der Waals surface area contributed by atoms with Crippen molar-refractivity contribution in [3.63, 3.8) is 0 Å². The molecular formula is C26H21ClN4O3S. The molecule has 0 bridgehead atoms. The Balaban J connectivity index is 1.49. The molecule has 4 heterocycles. The van der Waals surface area contributed by atoms with Gasteiger partial charge in [0.15, 0.2) is 0 Å². The number of aryl methyl sites for hydroxylation is 1. The SMILES string of the molecule is N#CCCn1c(=O)n(-c2cncc(C3CC4(COC4)C3)c2)c(=O)c2sc(-c3ccccc3Cl)cc21. The molecule has 4 aromatic rings. The van der Waals surface area contributed by atoms with Crippen molar-refractivity contribution in [2.24, 2.45) is 5.41 Å². The smallest absolute Gasteiger partial charge is 0.336 e. The molecule has 2 aliphatic rings. The highest BCUT2D eigenvalue weighted by atomic mass is 35.5. The lowest BCUT2D eigenvalue weighted by atomic mass is 9.59. The molecule has 35 heavy (non-hydrogen) atoms. The molecule has 6 rings (SSSR count). The van der Waals surface area contributed by atoms with Crippen LogP contribution >= 0.6 is 22.9 Å². The first-order valence-corrected chi connectivity index (χ1v) is 12.6. The van der Waals surface area contributed by atoms with Crippen LogP contribution in [0.2, 0.25) is 5.02 Å².